The van der Waals surface area contributed by atoms with Gasteiger partial charge in [-0.25, -0.2) is 0 Å². The van der Waals surface area contributed by atoms with E-state index in [1.807, 2.05) is 24.3 Å². The van der Waals surface area contributed by atoms with Crippen LogP contribution in [0.25, 0.3) is 0 Å². The van der Waals surface area contributed by atoms with Crippen LogP contribution in [0.2, 0.25) is 0 Å². The van der Waals surface area contributed by atoms with Gasteiger partial charge in [0.15, 0.2) is 23.0 Å². The summed E-state index contributed by atoms with van der Waals surface area (Å²) in [5.41, 5.74) is 2.27. The number of benzene rings is 2. The Morgan fingerprint density at radius 2 is 1.83 bits per heavy atom. The maximum atomic E-state index is 5.65. The Balaban J connectivity index is 1.46. The molecule has 1 N–H and O–H groups in total. The Hall–Kier alpha value is -2.40. The van der Waals surface area contributed by atoms with Crippen LogP contribution >= 0.6 is 0 Å². The van der Waals surface area contributed by atoms with Gasteiger partial charge in [-0.1, -0.05) is 18.2 Å². The Labute approximate surface area is 135 Å². The Bertz CT molecular complexity index is 716. The lowest BCUT2D eigenvalue weighted by Gasteiger charge is -2.21. The second-order valence-corrected chi connectivity index (χ2v) is 5.66. The van der Waals surface area contributed by atoms with Crippen LogP contribution in [0.15, 0.2) is 36.4 Å². The van der Waals surface area contributed by atoms with Crippen LogP contribution in [0, 0.1) is 0 Å². The molecule has 4 rings (SSSR count). The first-order valence-electron chi connectivity index (χ1n) is 7.82. The molecule has 2 aliphatic rings. The molecular formula is C18H19NO4. The lowest BCUT2D eigenvalue weighted by Crippen LogP contribution is -2.19. The number of hydrogen-bond acceptors (Lipinski definition) is 5. The molecule has 0 aliphatic carbocycles. The maximum Gasteiger partial charge on any atom is 0.231 e. The second kappa shape index (κ2) is 6.01. The van der Waals surface area contributed by atoms with Crippen LogP contribution in [0.3, 0.4) is 0 Å². The van der Waals surface area contributed by atoms with Crippen molar-refractivity contribution in [2.45, 2.75) is 19.5 Å². The predicted molar refractivity (Wildman–Crippen MR) is 85.3 cm³/mol. The summed E-state index contributed by atoms with van der Waals surface area (Å²) >= 11 is 0. The average molecular weight is 313 g/mol. The zero-order chi connectivity index (χ0) is 15.6. The Morgan fingerprint density at radius 3 is 2.74 bits per heavy atom. The molecule has 0 saturated carbocycles. The van der Waals surface area contributed by atoms with Crippen LogP contribution in [-0.2, 0) is 6.54 Å². The zero-order valence-corrected chi connectivity index (χ0v) is 13.0. The fourth-order valence-corrected chi connectivity index (χ4v) is 2.84. The van der Waals surface area contributed by atoms with Crippen LogP contribution in [0.5, 0.6) is 23.0 Å². The zero-order valence-electron chi connectivity index (χ0n) is 13.0. The van der Waals surface area contributed by atoms with Gasteiger partial charge >= 0.3 is 0 Å². The van der Waals surface area contributed by atoms with E-state index >= 15 is 0 Å². The van der Waals surface area contributed by atoms with Gasteiger partial charge in [0, 0.05) is 18.2 Å². The van der Waals surface area contributed by atoms with Crippen molar-refractivity contribution in [2.24, 2.45) is 0 Å². The number of fused-ring (bicyclic) bond motifs is 2. The lowest BCUT2D eigenvalue weighted by atomic mass is 10.1. The Morgan fingerprint density at radius 1 is 0.957 bits per heavy atom. The molecule has 0 aromatic heterocycles. The van der Waals surface area contributed by atoms with Gasteiger partial charge < -0.3 is 24.3 Å². The van der Waals surface area contributed by atoms with Gasteiger partial charge in [-0.05, 0) is 30.7 Å². The molecule has 0 spiro atoms. The summed E-state index contributed by atoms with van der Waals surface area (Å²) in [5.74, 6) is 3.30. The van der Waals surface area contributed by atoms with E-state index in [9.17, 15) is 0 Å². The van der Waals surface area contributed by atoms with Crippen molar-refractivity contribution >= 4 is 0 Å². The summed E-state index contributed by atoms with van der Waals surface area (Å²) in [7, 11) is 0. The lowest BCUT2D eigenvalue weighted by molar-refractivity contribution is 0.171. The van der Waals surface area contributed by atoms with Gasteiger partial charge in [-0.15, -0.1) is 0 Å². The third kappa shape index (κ3) is 2.80. The van der Waals surface area contributed by atoms with Gasteiger partial charge in [0.1, 0.15) is 13.2 Å². The van der Waals surface area contributed by atoms with Gasteiger partial charge in [-0.2, -0.15) is 0 Å². The number of para-hydroxylation sites is 1. The SMILES string of the molecule is C[C@H](NCc1cccc2c1OCO2)c1ccc2c(c1)OCCO2. The molecular weight excluding hydrogens is 294 g/mol. The molecule has 2 aliphatic heterocycles. The predicted octanol–water partition coefficient (Wildman–Crippen LogP) is 3.04. The van der Waals surface area contributed by atoms with Crippen molar-refractivity contribution in [2.75, 3.05) is 20.0 Å². The number of nitrogens with one attached hydrogen (secondary N) is 1. The third-order valence-electron chi connectivity index (χ3n) is 4.14. The van der Waals surface area contributed by atoms with E-state index in [4.69, 9.17) is 18.9 Å². The first-order valence-corrected chi connectivity index (χ1v) is 7.82. The van der Waals surface area contributed by atoms with Crippen molar-refractivity contribution in [1.29, 1.82) is 0 Å². The molecule has 1 atom stereocenters. The van der Waals surface area contributed by atoms with Gasteiger partial charge in [-0.3, -0.25) is 0 Å². The molecule has 5 heteroatoms. The normalized spacial score (nSPS) is 16.2. The number of rotatable bonds is 4. The molecule has 23 heavy (non-hydrogen) atoms. The van der Waals surface area contributed by atoms with Crippen LogP contribution in [0.4, 0.5) is 0 Å². The quantitative estimate of drug-likeness (QED) is 0.940. The van der Waals surface area contributed by atoms with Crippen molar-refractivity contribution in [3.63, 3.8) is 0 Å². The summed E-state index contributed by atoms with van der Waals surface area (Å²) in [6.45, 7) is 4.35. The van der Waals surface area contributed by atoms with Gasteiger partial charge in [0.05, 0.1) is 0 Å². The van der Waals surface area contributed by atoms with E-state index in [1.54, 1.807) is 0 Å². The monoisotopic (exact) mass is 313 g/mol. The molecule has 0 saturated heterocycles. The third-order valence-corrected chi connectivity index (χ3v) is 4.14. The standard InChI is InChI=1S/C18H19NO4/c1-12(13-5-6-15-17(9-13)21-8-7-20-15)19-10-14-3-2-4-16-18(14)23-11-22-16/h2-6,9,12,19H,7-8,10-11H2,1H3/t12-/m0/s1. The minimum atomic E-state index is 0.184. The number of hydrogen-bond donors (Lipinski definition) is 1. The van der Waals surface area contributed by atoms with Crippen LogP contribution in [0.1, 0.15) is 24.1 Å². The van der Waals surface area contributed by atoms with E-state index in [2.05, 4.69) is 24.4 Å². The van der Waals surface area contributed by atoms with Gasteiger partial charge in [0.2, 0.25) is 6.79 Å². The average Bonchev–Trinajstić information content (AvgIpc) is 3.08. The fraction of sp³-hybridized carbons (Fsp3) is 0.333. The van der Waals surface area contributed by atoms with Crippen molar-refractivity contribution in [1.82, 2.24) is 5.32 Å². The highest BCUT2D eigenvalue weighted by atomic mass is 16.7. The molecule has 2 heterocycles. The van der Waals surface area contributed by atoms with Crippen molar-refractivity contribution < 1.29 is 18.9 Å². The summed E-state index contributed by atoms with van der Waals surface area (Å²) in [6.07, 6.45) is 0. The molecule has 0 fully saturated rings. The highest BCUT2D eigenvalue weighted by Crippen LogP contribution is 2.36. The minimum absolute atomic E-state index is 0.184. The molecule has 0 radical (unpaired) electrons. The largest absolute Gasteiger partial charge is 0.486 e. The minimum Gasteiger partial charge on any atom is -0.486 e. The summed E-state index contributed by atoms with van der Waals surface area (Å²) in [6, 6.07) is 12.2. The molecule has 5 nitrogen and oxygen atoms in total. The first kappa shape index (κ1) is 14.2. The highest BCUT2D eigenvalue weighted by Gasteiger charge is 2.18. The fourth-order valence-electron chi connectivity index (χ4n) is 2.84. The van der Waals surface area contributed by atoms with E-state index in [0.717, 1.165) is 28.6 Å². The molecule has 120 valence electrons. The highest BCUT2D eigenvalue weighted by molar-refractivity contribution is 5.48. The van der Waals surface area contributed by atoms with E-state index in [1.165, 1.54) is 5.56 Å². The van der Waals surface area contributed by atoms with E-state index < -0.39 is 0 Å². The van der Waals surface area contributed by atoms with Gasteiger partial charge in [0.25, 0.3) is 0 Å². The summed E-state index contributed by atoms with van der Waals surface area (Å²) < 4.78 is 22.2. The maximum absolute atomic E-state index is 5.65. The summed E-state index contributed by atoms with van der Waals surface area (Å²) in [4.78, 5) is 0. The van der Waals surface area contributed by atoms with Crippen LogP contribution in [-0.4, -0.2) is 20.0 Å². The van der Waals surface area contributed by atoms with Crippen molar-refractivity contribution in [3.8, 4) is 23.0 Å². The molecule has 2 aromatic rings. The smallest absolute Gasteiger partial charge is 0.231 e. The second-order valence-electron chi connectivity index (χ2n) is 5.66. The topological polar surface area (TPSA) is 49.0 Å². The van der Waals surface area contributed by atoms with E-state index in [0.29, 0.717) is 26.6 Å². The first-order chi connectivity index (χ1) is 11.3. The van der Waals surface area contributed by atoms with Crippen LogP contribution < -0.4 is 24.3 Å². The van der Waals surface area contributed by atoms with Crippen molar-refractivity contribution in [3.05, 3.63) is 47.5 Å². The number of ether oxygens (including phenoxy) is 4. The van der Waals surface area contributed by atoms with E-state index in [-0.39, 0.29) is 6.04 Å². The molecule has 2 aromatic carbocycles. The molecule has 0 bridgehead atoms. The molecule has 0 amide bonds. The molecule has 0 unspecified atom stereocenters. The Kier molecular flexibility index (Phi) is 3.71. The summed E-state index contributed by atoms with van der Waals surface area (Å²) in [5, 5.41) is 3.52.